The van der Waals surface area contributed by atoms with Gasteiger partial charge in [-0.05, 0) is 44.5 Å². The molecule has 1 aromatic rings. The summed E-state index contributed by atoms with van der Waals surface area (Å²) in [6.07, 6.45) is 0.316. The van der Waals surface area contributed by atoms with Gasteiger partial charge in [0.2, 0.25) is 5.91 Å². The summed E-state index contributed by atoms with van der Waals surface area (Å²) < 4.78 is 0. The van der Waals surface area contributed by atoms with Crippen LogP contribution in [-0.2, 0) is 4.79 Å². The molecule has 114 valence electrons. The van der Waals surface area contributed by atoms with Crippen molar-refractivity contribution < 1.29 is 19.5 Å². The first-order chi connectivity index (χ1) is 9.72. The van der Waals surface area contributed by atoms with Crippen molar-refractivity contribution in [3.05, 3.63) is 29.8 Å². The zero-order chi connectivity index (χ0) is 16.0. The minimum absolute atomic E-state index is 0.241. The highest BCUT2D eigenvalue weighted by molar-refractivity contribution is 5.94. The van der Waals surface area contributed by atoms with E-state index in [2.05, 4.69) is 10.6 Å². The van der Waals surface area contributed by atoms with Gasteiger partial charge >= 0.3 is 12.0 Å². The minimum Gasteiger partial charge on any atom is -0.481 e. The second kappa shape index (κ2) is 6.74. The van der Waals surface area contributed by atoms with Crippen LogP contribution in [0.15, 0.2) is 24.3 Å². The standard InChI is InChI=1S/C14H19N3O4/c1-14(2,12(19)20)7-8-16-13(21)17-10-5-3-9(4-6-10)11(15)18/h3-6H,7-8H2,1-2H3,(H2,15,18)(H,19,20)(H2,16,17,21). The highest BCUT2D eigenvalue weighted by Gasteiger charge is 2.26. The number of primary amides is 1. The summed E-state index contributed by atoms with van der Waals surface area (Å²) in [5.74, 6) is -1.45. The van der Waals surface area contributed by atoms with Crippen molar-refractivity contribution in [3.8, 4) is 0 Å². The fraction of sp³-hybridized carbons (Fsp3) is 0.357. The van der Waals surface area contributed by atoms with E-state index in [0.717, 1.165) is 0 Å². The third-order valence-corrected chi connectivity index (χ3v) is 3.04. The van der Waals surface area contributed by atoms with Crippen molar-refractivity contribution in [1.82, 2.24) is 5.32 Å². The number of aliphatic carboxylic acids is 1. The molecule has 0 aliphatic rings. The predicted octanol–water partition coefficient (Wildman–Crippen LogP) is 1.41. The van der Waals surface area contributed by atoms with Gasteiger partial charge < -0.3 is 21.5 Å². The minimum atomic E-state index is -0.910. The number of nitrogens with one attached hydrogen (secondary N) is 2. The van der Waals surface area contributed by atoms with Crippen LogP contribution in [-0.4, -0.2) is 29.6 Å². The summed E-state index contributed by atoms with van der Waals surface area (Å²) in [7, 11) is 0. The Bertz CT molecular complexity index is 538. The molecule has 0 fully saturated rings. The maximum Gasteiger partial charge on any atom is 0.319 e. The van der Waals surface area contributed by atoms with Crippen molar-refractivity contribution in [2.75, 3.05) is 11.9 Å². The summed E-state index contributed by atoms with van der Waals surface area (Å²) in [6, 6.07) is 5.68. The molecule has 5 N–H and O–H groups in total. The maximum absolute atomic E-state index is 11.6. The van der Waals surface area contributed by atoms with Gasteiger partial charge in [-0.25, -0.2) is 4.79 Å². The predicted molar refractivity (Wildman–Crippen MR) is 78.0 cm³/mol. The lowest BCUT2D eigenvalue weighted by atomic mass is 9.90. The van der Waals surface area contributed by atoms with E-state index < -0.39 is 23.3 Å². The first-order valence-corrected chi connectivity index (χ1v) is 6.40. The average Bonchev–Trinajstić information content (AvgIpc) is 2.38. The van der Waals surface area contributed by atoms with Gasteiger partial charge in [-0.3, -0.25) is 9.59 Å². The number of anilines is 1. The van der Waals surface area contributed by atoms with Crippen molar-refractivity contribution in [2.24, 2.45) is 11.1 Å². The first kappa shape index (κ1) is 16.5. The lowest BCUT2D eigenvalue weighted by molar-refractivity contribution is -0.147. The second-order valence-electron chi connectivity index (χ2n) is 5.26. The Morgan fingerprint density at radius 1 is 1.19 bits per heavy atom. The number of rotatable bonds is 6. The van der Waals surface area contributed by atoms with Crippen LogP contribution in [0.4, 0.5) is 10.5 Å². The zero-order valence-corrected chi connectivity index (χ0v) is 12.0. The molecule has 1 rings (SSSR count). The number of hydrogen-bond acceptors (Lipinski definition) is 3. The Morgan fingerprint density at radius 2 is 1.76 bits per heavy atom. The molecule has 0 aromatic heterocycles. The SMILES string of the molecule is CC(C)(CCNC(=O)Nc1ccc(C(N)=O)cc1)C(=O)O. The number of carbonyl (C=O) groups excluding carboxylic acids is 2. The van der Waals surface area contributed by atoms with Gasteiger partial charge in [0.05, 0.1) is 5.41 Å². The third kappa shape index (κ3) is 5.13. The number of amides is 3. The highest BCUT2D eigenvalue weighted by Crippen LogP contribution is 2.19. The van der Waals surface area contributed by atoms with E-state index in [0.29, 0.717) is 17.7 Å². The van der Waals surface area contributed by atoms with Gasteiger partial charge in [0.25, 0.3) is 0 Å². The number of carboxylic acids is 1. The van der Waals surface area contributed by atoms with Crippen LogP contribution in [0, 0.1) is 5.41 Å². The lowest BCUT2D eigenvalue weighted by Crippen LogP contribution is -2.34. The Hall–Kier alpha value is -2.57. The van der Waals surface area contributed by atoms with E-state index in [1.807, 2.05) is 0 Å². The molecule has 3 amide bonds. The van der Waals surface area contributed by atoms with E-state index in [-0.39, 0.29) is 6.54 Å². The monoisotopic (exact) mass is 293 g/mol. The van der Waals surface area contributed by atoms with Gasteiger partial charge in [0.15, 0.2) is 0 Å². The molecule has 1 aromatic carbocycles. The van der Waals surface area contributed by atoms with Gasteiger partial charge in [-0.15, -0.1) is 0 Å². The molecule has 0 saturated heterocycles. The smallest absolute Gasteiger partial charge is 0.319 e. The van der Waals surface area contributed by atoms with Crippen molar-refractivity contribution >= 4 is 23.6 Å². The van der Waals surface area contributed by atoms with Crippen LogP contribution in [0.5, 0.6) is 0 Å². The Kier molecular flexibility index (Phi) is 5.29. The number of urea groups is 1. The molecule has 0 bridgehead atoms. The van der Waals surface area contributed by atoms with Gasteiger partial charge in [0, 0.05) is 17.8 Å². The summed E-state index contributed by atoms with van der Waals surface area (Å²) in [4.78, 5) is 33.4. The van der Waals surface area contributed by atoms with Gasteiger partial charge in [0.1, 0.15) is 0 Å². The highest BCUT2D eigenvalue weighted by atomic mass is 16.4. The molecule has 0 atom stereocenters. The van der Waals surface area contributed by atoms with Crippen molar-refractivity contribution in [2.45, 2.75) is 20.3 Å². The average molecular weight is 293 g/mol. The van der Waals surface area contributed by atoms with Crippen LogP contribution >= 0.6 is 0 Å². The molecular weight excluding hydrogens is 274 g/mol. The normalized spacial score (nSPS) is 10.8. The fourth-order valence-electron chi connectivity index (χ4n) is 1.49. The van der Waals surface area contributed by atoms with Crippen molar-refractivity contribution in [3.63, 3.8) is 0 Å². The maximum atomic E-state index is 11.6. The third-order valence-electron chi connectivity index (χ3n) is 3.04. The van der Waals surface area contributed by atoms with Gasteiger partial charge in [-0.2, -0.15) is 0 Å². The number of carboxylic acid groups (broad SMARTS) is 1. The molecule has 21 heavy (non-hydrogen) atoms. The largest absolute Gasteiger partial charge is 0.481 e. The zero-order valence-electron chi connectivity index (χ0n) is 12.0. The number of nitrogens with two attached hydrogens (primary N) is 1. The summed E-state index contributed by atoms with van der Waals surface area (Å²) in [6.45, 7) is 3.43. The summed E-state index contributed by atoms with van der Waals surface area (Å²) in [5, 5.41) is 14.1. The fourth-order valence-corrected chi connectivity index (χ4v) is 1.49. The molecule has 7 heteroatoms. The van der Waals surface area contributed by atoms with Crippen LogP contribution in [0.25, 0.3) is 0 Å². The molecule has 0 aliphatic carbocycles. The molecule has 0 aliphatic heterocycles. The van der Waals surface area contributed by atoms with E-state index in [1.54, 1.807) is 26.0 Å². The molecule has 0 spiro atoms. The van der Waals surface area contributed by atoms with Crippen LogP contribution < -0.4 is 16.4 Å². The molecule has 7 nitrogen and oxygen atoms in total. The van der Waals surface area contributed by atoms with Crippen LogP contribution in [0.2, 0.25) is 0 Å². The Morgan fingerprint density at radius 3 is 2.24 bits per heavy atom. The summed E-state index contributed by atoms with van der Waals surface area (Å²) in [5.41, 5.74) is 5.08. The molecular formula is C14H19N3O4. The van der Waals surface area contributed by atoms with E-state index >= 15 is 0 Å². The summed E-state index contributed by atoms with van der Waals surface area (Å²) >= 11 is 0. The molecule has 0 radical (unpaired) electrons. The van der Waals surface area contributed by atoms with Crippen molar-refractivity contribution in [1.29, 1.82) is 0 Å². The molecule has 0 heterocycles. The second-order valence-corrected chi connectivity index (χ2v) is 5.26. The molecule has 0 unspecified atom stereocenters. The van der Waals surface area contributed by atoms with E-state index in [1.165, 1.54) is 12.1 Å². The lowest BCUT2D eigenvalue weighted by Gasteiger charge is -2.19. The quantitative estimate of drug-likeness (QED) is 0.633. The van der Waals surface area contributed by atoms with Crippen LogP contribution in [0.1, 0.15) is 30.6 Å². The number of carbonyl (C=O) groups is 3. The van der Waals surface area contributed by atoms with Crippen LogP contribution in [0.3, 0.4) is 0 Å². The topological polar surface area (TPSA) is 122 Å². The number of benzene rings is 1. The van der Waals surface area contributed by atoms with Gasteiger partial charge in [-0.1, -0.05) is 0 Å². The molecule has 0 saturated carbocycles. The first-order valence-electron chi connectivity index (χ1n) is 6.40. The Balaban J connectivity index is 2.44. The van der Waals surface area contributed by atoms with E-state index in [4.69, 9.17) is 10.8 Å². The number of hydrogen-bond donors (Lipinski definition) is 4. The van der Waals surface area contributed by atoms with E-state index in [9.17, 15) is 14.4 Å². The Labute approximate surface area is 122 Å².